The smallest absolute Gasteiger partial charge is 0.243 e. The number of hydrogen-bond donors (Lipinski definition) is 1. The molecule has 1 unspecified atom stereocenters. The first-order valence-electron chi connectivity index (χ1n) is 6.01. The third-order valence-corrected chi connectivity index (χ3v) is 2.68. The number of rotatable bonds is 5. The van der Waals surface area contributed by atoms with Gasteiger partial charge in [-0.1, -0.05) is 30.6 Å². The van der Waals surface area contributed by atoms with Gasteiger partial charge in [0, 0.05) is 6.42 Å². The second-order valence-corrected chi connectivity index (χ2v) is 4.25. The second kappa shape index (κ2) is 5.73. The van der Waals surface area contributed by atoms with Gasteiger partial charge in [-0.15, -0.1) is 0 Å². The quantitative estimate of drug-likeness (QED) is 0.884. The molecule has 0 amide bonds. The van der Waals surface area contributed by atoms with Crippen molar-refractivity contribution in [3.05, 3.63) is 47.4 Å². The molecule has 5 heteroatoms. The molecule has 0 aliphatic carbocycles. The van der Waals surface area contributed by atoms with E-state index in [2.05, 4.69) is 17.1 Å². The minimum Gasteiger partial charge on any atom is -0.338 e. The molecular formula is C13H16FN3O. The summed E-state index contributed by atoms with van der Waals surface area (Å²) in [7, 11) is 0. The molecule has 0 aliphatic rings. The Labute approximate surface area is 105 Å². The Hall–Kier alpha value is -1.75. The number of nitrogens with zero attached hydrogens (tertiary/aromatic N) is 2. The van der Waals surface area contributed by atoms with E-state index in [9.17, 15) is 4.39 Å². The van der Waals surface area contributed by atoms with Crippen LogP contribution in [-0.4, -0.2) is 10.1 Å². The van der Waals surface area contributed by atoms with Gasteiger partial charge in [-0.05, 0) is 24.1 Å². The lowest BCUT2D eigenvalue weighted by molar-refractivity contribution is 0.345. The van der Waals surface area contributed by atoms with Gasteiger partial charge in [-0.25, -0.2) is 4.39 Å². The Morgan fingerprint density at radius 3 is 2.72 bits per heavy atom. The molecule has 0 fully saturated rings. The lowest BCUT2D eigenvalue weighted by atomic mass is 10.1. The van der Waals surface area contributed by atoms with Gasteiger partial charge in [-0.2, -0.15) is 4.98 Å². The summed E-state index contributed by atoms with van der Waals surface area (Å²) < 4.78 is 17.9. The summed E-state index contributed by atoms with van der Waals surface area (Å²) in [6.45, 7) is 2.05. The van der Waals surface area contributed by atoms with E-state index in [1.807, 2.05) is 0 Å². The predicted octanol–water partition coefficient (Wildman–Crippen LogP) is 2.60. The van der Waals surface area contributed by atoms with Crippen molar-refractivity contribution in [1.29, 1.82) is 0 Å². The van der Waals surface area contributed by atoms with Crippen LogP contribution in [0.15, 0.2) is 28.8 Å². The lowest BCUT2D eigenvalue weighted by Gasteiger charge is -2.02. The Morgan fingerprint density at radius 2 is 2.06 bits per heavy atom. The molecule has 96 valence electrons. The van der Waals surface area contributed by atoms with Gasteiger partial charge in [-0.3, -0.25) is 0 Å². The molecule has 2 N–H and O–H groups in total. The van der Waals surface area contributed by atoms with E-state index in [1.54, 1.807) is 12.1 Å². The number of benzene rings is 1. The van der Waals surface area contributed by atoms with Crippen LogP contribution in [0.25, 0.3) is 0 Å². The largest absolute Gasteiger partial charge is 0.338 e. The summed E-state index contributed by atoms with van der Waals surface area (Å²) >= 11 is 0. The van der Waals surface area contributed by atoms with Crippen LogP contribution in [0.1, 0.15) is 43.1 Å². The zero-order valence-electron chi connectivity index (χ0n) is 10.3. The third-order valence-electron chi connectivity index (χ3n) is 2.68. The van der Waals surface area contributed by atoms with E-state index < -0.39 is 0 Å². The fourth-order valence-electron chi connectivity index (χ4n) is 1.71. The SMILES string of the molecule is CCCC(N)c1nc(Cc2ccc(F)cc2)no1. The standard InChI is InChI=1S/C13H16FN3O/c1-2-3-11(15)13-16-12(17-18-13)8-9-4-6-10(14)7-5-9/h4-7,11H,2-3,8,15H2,1H3. The number of hydrogen-bond acceptors (Lipinski definition) is 4. The van der Waals surface area contributed by atoms with Gasteiger partial charge in [0.2, 0.25) is 5.89 Å². The first-order valence-corrected chi connectivity index (χ1v) is 6.01. The predicted molar refractivity (Wildman–Crippen MR) is 65.3 cm³/mol. The van der Waals surface area contributed by atoms with Gasteiger partial charge in [0.05, 0.1) is 6.04 Å². The molecule has 18 heavy (non-hydrogen) atoms. The van der Waals surface area contributed by atoms with Crippen LogP contribution in [0.2, 0.25) is 0 Å². The Balaban J connectivity index is 2.04. The molecule has 4 nitrogen and oxygen atoms in total. The van der Waals surface area contributed by atoms with E-state index in [0.29, 0.717) is 18.1 Å². The Morgan fingerprint density at radius 1 is 1.33 bits per heavy atom. The maximum absolute atomic E-state index is 12.8. The maximum Gasteiger partial charge on any atom is 0.243 e. The van der Waals surface area contributed by atoms with Crippen molar-refractivity contribution in [2.75, 3.05) is 0 Å². The first-order chi connectivity index (χ1) is 8.69. The van der Waals surface area contributed by atoms with Crippen molar-refractivity contribution in [2.45, 2.75) is 32.2 Å². The van der Waals surface area contributed by atoms with Gasteiger partial charge in [0.1, 0.15) is 5.82 Å². The van der Waals surface area contributed by atoms with Crippen LogP contribution >= 0.6 is 0 Å². The lowest BCUT2D eigenvalue weighted by Crippen LogP contribution is -2.10. The first kappa shape index (κ1) is 12.7. The van der Waals surface area contributed by atoms with Gasteiger partial charge >= 0.3 is 0 Å². The molecule has 0 aliphatic heterocycles. The number of nitrogens with two attached hydrogens (primary N) is 1. The van der Waals surface area contributed by atoms with Crippen molar-refractivity contribution < 1.29 is 8.91 Å². The highest BCUT2D eigenvalue weighted by molar-refractivity contribution is 5.19. The van der Waals surface area contributed by atoms with E-state index in [1.165, 1.54) is 12.1 Å². The zero-order chi connectivity index (χ0) is 13.0. The van der Waals surface area contributed by atoms with Crippen LogP contribution in [-0.2, 0) is 6.42 Å². The van der Waals surface area contributed by atoms with E-state index in [4.69, 9.17) is 10.3 Å². The Bertz CT molecular complexity index is 495. The molecule has 0 bridgehead atoms. The summed E-state index contributed by atoms with van der Waals surface area (Å²) in [5, 5.41) is 3.88. The summed E-state index contributed by atoms with van der Waals surface area (Å²) in [6.07, 6.45) is 2.30. The molecule has 0 saturated carbocycles. The fraction of sp³-hybridized carbons (Fsp3) is 0.385. The van der Waals surface area contributed by atoms with Crippen molar-refractivity contribution in [3.63, 3.8) is 0 Å². The molecule has 1 heterocycles. The van der Waals surface area contributed by atoms with Crippen molar-refractivity contribution >= 4 is 0 Å². The van der Waals surface area contributed by atoms with Gasteiger partial charge < -0.3 is 10.3 Å². The molecule has 0 radical (unpaired) electrons. The minimum atomic E-state index is -0.252. The highest BCUT2D eigenvalue weighted by Gasteiger charge is 2.13. The molecule has 1 aromatic heterocycles. The minimum absolute atomic E-state index is 0.204. The van der Waals surface area contributed by atoms with Crippen molar-refractivity contribution in [2.24, 2.45) is 5.73 Å². The molecular weight excluding hydrogens is 233 g/mol. The fourth-order valence-corrected chi connectivity index (χ4v) is 1.71. The molecule has 2 rings (SSSR count). The van der Waals surface area contributed by atoms with Crippen LogP contribution in [0, 0.1) is 5.82 Å². The highest BCUT2D eigenvalue weighted by atomic mass is 19.1. The average molecular weight is 249 g/mol. The van der Waals surface area contributed by atoms with Crippen LogP contribution in [0.4, 0.5) is 4.39 Å². The third kappa shape index (κ3) is 3.13. The molecule has 1 atom stereocenters. The van der Waals surface area contributed by atoms with Crippen LogP contribution in [0.5, 0.6) is 0 Å². The number of halogens is 1. The summed E-state index contributed by atoms with van der Waals surface area (Å²) in [4.78, 5) is 4.25. The van der Waals surface area contributed by atoms with E-state index in [0.717, 1.165) is 18.4 Å². The number of aromatic nitrogens is 2. The van der Waals surface area contributed by atoms with Crippen molar-refractivity contribution in [1.82, 2.24) is 10.1 Å². The molecule has 0 spiro atoms. The van der Waals surface area contributed by atoms with Crippen molar-refractivity contribution in [3.8, 4) is 0 Å². The second-order valence-electron chi connectivity index (χ2n) is 4.25. The molecule has 2 aromatic rings. The topological polar surface area (TPSA) is 64.9 Å². The normalized spacial score (nSPS) is 12.6. The summed E-state index contributed by atoms with van der Waals surface area (Å²) in [5.41, 5.74) is 6.82. The Kier molecular flexibility index (Phi) is 4.04. The van der Waals surface area contributed by atoms with Gasteiger partial charge in [0.25, 0.3) is 0 Å². The molecule has 0 saturated heterocycles. The van der Waals surface area contributed by atoms with Crippen LogP contribution < -0.4 is 5.73 Å². The van der Waals surface area contributed by atoms with Crippen LogP contribution in [0.3, 0.4) is 0 Å². The maximum atomic E-state index is 12.8. The van der Waals surface area contributed by atoms with Gasteiger partial charge in [0.15, 0.2) is 5.82 Å². The monoisotopic (exact) mass is 249 g/mol. The average Bonchev–Trinajstić information content (AvgIpc) is 2.81. The molecule has 1 aromatic carbocycles. The zero-order valence-corrected chi connectivity index (χ0v) is 10.3. The van der Waals surface area contributed by atoms with E-state index in [-0.39, 0.29) is 11.9 Å². The summed E-state index contributed by atoms with van der Waals surface area (Å²) in [5.74, 6) is 0.787. The van der Waals surface area contributed by atoms with E-state index >= 15 is 0 Å². The highest BCUT2D eigenvalue weighted by Crippen LogP contribution is 2.15. The summed E-state index contributed by atoms with van der Waals surface area (Å²) in [6, 6.07) is 6.04.